The standard InChI is InChI=1S/C12H16FN3O3/c1-3-12(2,11(14)17)15-7-8-4-5-9(16(18)19)6-10(8)13/h4-6,15H,3,7H2,1-2H3,(H2,14,17). The van der Waals surface area contributed by atoms with Crippen LogP contribution in [-0.2, 0) is 11.3 Å². The zero-order valence-corrected chi connectivity index (χ0v) is 10.8. The lowest BCUT2D eigenvalue weighted by molar-refractivity contribution is -0.385. The summed E-state index contributed by atoms with van der Waals surface area (Å²) in [6, 6.07) is 3.38. The Balaban J connectivity index is 2.84. The second kappa shape index (κ2) is 5.75. The molecule has 1 unspecified atom stereocenters. The number of nitrogens with one attached hydrogen (secondary N) is 1. The molecule has 1 aromatic carbocycles. The van der Waals surface area contributed by atoms with Crippen LogP contribution in [0.3, 0.4) is 0 Å². The minimum Gasteiger partial charge on any atom is -0.368 e. The van der Waals surface area contributed by atoms with Crippen molar-refractivity contribution in [1.29, 1.82) is 0 Å². The minimum absolute atomic E-state index is 0.0666. The molecule has 0 saturated heterocycles. The van der Waals surface area contributed by atoms with E-state index in [1.165, 1.54) is 12.1 Å². The van der Waals surface area contributed by atoms with Crippen molar-refractivity contribution in [1.82, 2.24) is 5.32 Å². The Labute approximate surface area is 109 Å². The molecular formula is C12H16FN3O3. The molecule has 0 spiro atoms. The fraction of sp³-hybridized carbons (Fsp3) is 0.417. The van der Waals surface area contributed by atoms with E-state index in [0.717, 1.165) is 6.07 Å². The van der Waals surface area contributed by atoms with Gasteiger partial charge in [0.2, 0.25) is 5.91 Å². The van der Waals surface area contributed by atoms with Crippen molar-refractivity contribution in [3.63, 3.8) is 0 Å². The van der Waals surface area contributed by atoms with Gasteiger partial charge in [0.25, 0.3) is 5.69 Å². The first-order valence-corrected chi connectivity index (χ1v) is 5.78. The summed E-state index contributed by atoms with van der Waals surface area (Å²) in [5.74, 6) is -1.22. The number of non-ortho nitro benzene ring substituents is 1. The number of primary amides is 1. The molecule has 0 aliphatic carbocycles. The van der Waals surface area contributed by atoms with Crippen molar-refractivity contribution in [3.05, 3.63) is 39.7 Å². The lowest BCUT2D eigenvalue weighted by atomic mass is 9.97. The summed E-state index contributed by atoms with van der Waals surface area (Å²) in [6.45, 7) is 3.47. The van der Waals surface area contributed by atoms with Gasteiger partial charge in [-0.1, -0.05) is 6.92 Å². The van der Waals surface area contributed by atoms with E-state index in [9.17, 15) is 19.3 Å². The van der Waals surface area contributed by atoms with Crippen LogP contribution in [0.15, 0.2) is 18.2 Å². The van der Waals surface area contributed by atoms with Crippen LogP contribution in [0.5, 0.6) is 0 Å². The molecule has 3 N–H and O–H groups in total. The van der Waals surface area contributed by atoms with Crippen molar-refractivity contribution in [2.24, 2.45) is 5.73 Å². The van der Waals surface area contributed by atoms with Gasteiger partial charge in [-0.3, -0.25) is 20.2 Å². The monoisotopic (exact) mass is 269 g/mol. The molecule has 1 rings (SSSR count). The number of carbonyl (C=O) groups is 1. The minimum atomic E-state index is -0.936. The van der Waals surface area contributed by atoms with E-state index in [4.69, 9.17) is 5.73 Å². The average molecular weight is 269 g/mol. The van der Waals surface area contributed by atoms with E-state index >= 15 is 0 Å². The van der Waals surface area contributed by atoms with Crippen LogP contribution in [0.25, 0.3) is 0 Å². The van der Waals surface area contributed by atoms with Gasteiger partial charge < -0.3 is 5.73 Å². The van der Waals surface area contributed by atoms with Crippen LogP contribution in [0.2, 0.25) is 0 Å². The molecule has 104 valence electrons. The highest BCUT2D eigenvalue weighted by molar-refractivity contribution is 5.84. The normalized spacial score (nSPS) is 13.8. The Morgan fingerprint density at radius 3 is 2.63 bits per heavy atom. The lowest BCUT2D eigenvalue weighted by Gasteiger charge is -2.26. The largest absolute Gasteiger partial charge is 0.368 e. The Bertz CT molecular complexity index is 507. The molecule has 0 fully saturated rings. The number of carbonyl (C=O) groups excluding carboxylic acids is 1. The number of nitro groups is 1. The zero-order chi connectivity index (χ0) is 14.6. The first kappa shape index (κ1) is 15.0. The third-order valence-corrected chi connectivity index (χ3v) is 3.17. The van der Waals surface area contributed by atoms with Gasteiger partial charge in [0.05, 0.1) is 16.5 Å². The predicted molar refractivity (Wildman–Crippen MR) is 67.8 cm³/mol. The molecule has 0 heterocycles. The molecule has 0 aliphatic rings. The number of rotatable bonds is 6. The molecule has 0 radical (unpaired) electrons. The van der Waals surface area contributed by atoms with Gasteiger partial charge in [-0.05, 0) is 19.4 Å². The smallest absolute Gasteiger partial charge is 0.272 e. The van der Waals surface area contributed by atoms with Gasteiger partial charge in [0, 0.05) is 18.2 Å². The van der Waals surface area contributed by atoms with Gasteiger partial charge in [-0.2, -0.15) is 0 Å². The molecule has 0 bridgehead atoms. The maximum Gasteiger partial charge on any atom is 0.272 e. The van der Waals surface area contributed by atoms with Crippen LogP contribution >= 0.6 is 0 Å². The quantitative estimate of drug-likeness (QED) is 0.603. The van der Waals surface area contributed by atoms with E-state index in [1.54, 1.807) is 13.8 Å². The fourth-order valence-electron chi connectivity index (χ4n) is 1.47. The van der Waals surface area contributed by atoms with E-state index in [0.29, 0.717) is 6.42 Å². The summed E-state index contributed by atoms with van der Waals surface area (Å²) in [5, 5.41) is 13.3. The average Bonchev–Trinajstić information content (AvgIpc) is 2.36. The molecule has 0 aliphatic heterocycles. The van der Waals surface area contributed by atoms with Gasteiger partial charge in [-0.25, -0.2) is 4.39 Å². The molecule has 6 nitrogen and oxygen atoms in total. The molecule has 1 amide bonds. The summed E-state index contributed by atoms with van der Waals surface area (Å²) in [4.78, 5) is 21.1. The van der Waals surface area contributed by atoms with Crippen LogP contribution in [0, 0.1) is 15.9 Å². The Morgan fingerprint density at radius 1 is 1.58 bits per heavy atom. The van der Waals surface area contributed by atoms with E-state index in [2.05, 4.69) is 5.32 Å². The van der Waals surface area contributed by atoms with Crippen molar-refractivity contribution in [2.75, 3.05) is 0 Å². The van der Waals surface area contributed by atoms with E-state index in [1.807, 2.05) is 0 Å². The molecule has 0 aromatic heterocycles. The second-order valence-corrected chi connectivity index (χ2v) is 4.44. The first-order chi connectivity index (χ1) is 8.80. The molecule has 1 atom stereocenters. The predicted octanol–water partition coefficient (Wildman–Crippen LogP) is 1.48. The second-order valence-electron chi connectivity index (χ2n) is 4.44. The lowest BCUT2D eigenvalue weighted by Crippen LogP contribution is -2.52. The molecule has 19 heavy (non-hydrogen) atoms. The van der Waals surface area contributed by atoms with E-state index < -0.39 is 22.2 Å². The highest BCUT2D eigenvalue weighted by atomic mass is 19.1. The number of nitrogens with zero attached hydrogens (tertiary/aromatic N) is 1. The fourth-order valence-corrected chi connectivity index (χ4v) is 1.47. The maximum atomic E-state index is 13.6. The molecule has 1 aromatic rings. The van der Waals surface area contributed by atoms with Crippen LogP contribution in [-0.4, -0.2) is 16.4 Å². The van der Waals surface area contributed by atoms with Gasteiger partial charge in [0.15, 0.2) is 0 Å². The first-order valence-electron chi connectivity index (χ1n) is 5.78. The number of amides is 1. The number of nitro benzene ring substituents is 1. The summed E-state index contributed by atoms with van der Waals surface area (Å²) < 4.78 is 13.6. The zero-order valence-electron chi connectivity index (χ0n) is 10.8. The van der Waals surface area contributed by atoms with Crippen molar-refractivity contribution < 1.29 is 14.1 Å². The van der Waals surface area contributed by atoms with Crippen molar-refractivity contribution in [2.45, 2.75) is 32.4 Å². The summed E-state index contributed by atoms with van der Waals surface area (Å²) >= 11 is 0. The number of hydrogen-bond acceptors (Lipinski definition) is 4. The Kier molecular flexibility index (Phi) is 4.55. The third kappa shape index (κ3) is 3.47. The number of halogens is 1. The van der Waals surface area contributed by atoms with Gasteiger partial charge in [-0.15, -0.1) is 0 Å². The van der Waals surface area contributed by atoms with E-state index in [-0.39, 0.29) is 17.8 Å². The summed E-state index contributed by atoms with van der Waals surface area (Å²) in [5.41, 5.74) is 4.26. The topological polar surface area (TPSA) is 98.3 Å². The van der Waals surface area contributed by atoms with Crippen molar-refractivity contribution in [3.8, 4) is 0 Å². The van der Waals surface area contributed by atoms with Gasteiger partial charge in [0.1, 0.15) is 5.82 Å². The van der Waals surface area contributed by atoms with Crippen LogP contribution in [0.1, 0.15) is 25.8 Å². The molecular weight excluding hydrogens is 253 g/mol. The SMILES string of the molecule is CCC(C)(NCc1ccc([N+](=O)[O-])cc1F)C(N)=O. The van der Waals surface area contributed by atoms with Crippen LogP contribution < -0.4 is 11.1 Å². The Morgan fingerprint density at radius 2 is 2.21 bits per heavy atom. The highest BCUT2D eigenvalue weighted by Gasteiger charge is 2.28. The van der Waals surface area contributed by atoms with Crippen LogP contribution in [0.4, 0.5) is 10.1 Å². The highest BCUT2D eigenvalue weighted by Crippen LogP contribution is 2.17. The number of benzene rings is 1. The summed E-state index contributed by atoms with van der Waals surface area (Å²) in [6.07, 6.45) is 0.455. The van der Waals surface area contributed by atoms with Crippen molar-refractivity contribution >= 4 is 11.6 Å². The molecule has 0 saturated carbocycles. The maximum absolute atomic E-state index is 13.6. The third-order valence-electron chi connectivity index (χ3n) is 3.17. The van der Waals surface area contributed by atoms with Gasteiger partial charge >= 0.3 is 0 Å². The Hall–Kier alpha value is -2.02. The molecule has 7 heteroatoms. The number of hydrogen-bond donors (Lipinski definition) is 2. The number of nitrogens with two attached hydrogens (primary N) is 1. The summed E-state index contributed by atoms with van der Waals surface area (Å²) in [7, 11) is 0.